The predicted molar refractivity (Wildman–Crippen MR) is 104 cm³/mol. The van der Waals surface area contributed by atoms with Gasteiger partial charge in [-0.15, -0.1) is 0 Å². The van der Waals surface area contributed by atoms with Crippen LogP contribution >= 0.6 is 23.4 Å². The SMILES string of the molecule is CCN1C(=O)/C(=C/c2ccccc2Cl)SC1=Nc1ccc(C)cc1O. The number of benzene rings is 2. The summed E-state index contributed by atoms with van der Waals surface area (Å²) in [6.45, 7) is 4.28. The molecule has 1 heterocycles. The molecule has 6 heteroatoms. The van der Waals surface area contributed by atoms with Crippen molar-refractivity contribution in [3.63, 3.8) is 0 Å². The number of rotatable bonds is 3. The van der Waals surface area contributed by atoms with Crippen LogP contribution in [0.1, 0.15) is 18.1 Å². The molecular weight excluding hydrogens is 356 g/mol. The number of hydrogen-bond acceptors (Lipinski definition) is 4. The minimum atomic E-state index is -0.113. The fourth-order valence-corrected chi connectivity index (χ4v) is 3.67. The molecule has 0 bridgehead atoms. The van der Waals surface area contributed by atoms with Crippen LogP contribution in [0.15, 0.2) is 52.4 Å². The number of hydrogen-bond donors (Lipinski definition) is 1. The lowest BCUT2D eigenvalue weighted by Gasteiger charge is -2.12. The van der Waals surface area contributed by atoms with E-state index in [0.29, 0.717) is 27.3 Å². The molecule has 0 saturated carbocycles. The Balaban J connectivity index is 1.98. The Labute approximate surface area is 155 Å². The third-order valence-corrected chi connectivity index (χ3v) is 5.09. The monoisotopic (exact) mass is 372 g/mol. The molecule has 1 amide bonds. The highest BCUT2D eigenvalue weighted by atomic mass is 35.5. The molecule has 0 radical (unpaired) electrons. The quantitative estimate of drug-likeness (QED) is 0.773. The molecule has 128 valence electrons. The standard InChI is InChI=1S/C19H17ClN2O2S/c1-3-22-18(24)17(11-13-6-4-5-7-14(13)20)25-19(22)21-15-9-8-12(2)10-16(15)23/h4-11,23H,3H2,1-2H3/b17-11-,21-19?. The number of amides is 1. The lowest BCUT2D eigenvalue weighted by atomic mass is 10.2. The van der Waals surface area contributed by atoms with Gasteiger partial charge in [0.1, 0.15) is 11.4 Å². The average Bonchev–Trinajstić information content (AvgIpc) is 2.87. The van der Waals surface area contributed by atoms with E-state index in [0.717, 1.165) is 11.1 Å². The number of likely N-dealkylation sites (N-methyl/N-ethyl adjacent to an activating group) is 1. The topological polar surface area (TPSA) is 52.9 Å². The number of thioether (sulfide) groups is 1. The highest BCUT2D eigenvalue weighted by molar-refractivity contribution is 8.18. The van der Waals surface area contributed by atoms with Gasteiger partial charge in [-0.05, 0) is 61.0 Å². The molecule has 1 fully saturated rings. The normalized spacial score (nSPS) is 17.7. The first-order chi connectivity index (χ1) is 12.0. The van der Waals surface area contributed by atoms with Gasteiger partial charge in [-0.1, -0.05) is 35.9 Å². The zero-order valence-corrected chi connectivity index (χ0v) is 15.4. The minimum absolute atomic E-state index is 0.0973. The fourth-order valence-electron chi connectivity index (χ4n) is 2.43. The fraction of sp³-hybridized carbons (Fsp3) is 0.158. The average molecular weight is 373 g/mol. The van der Waals surface area contributed by atoms with Gasteiger partial charge in [0.25, 0.3) is 5.91 Å². The van der Waals surface area contributed by atoms with Gasteiger partial charge in [0.2, 0.25) is 0 Å². The number of aliphatic imine (C=N–C) groups is 1. The van der Waals surface area contributed by atoms with E-state index in [1.54, 1.807) is 29.2 Å². The first kappa shape index (κ1) is 17.6. The second-order valence-electron chi connectivity index (χ2n) is 5.57. The van der Waals surface area contributed by atoms with Crippen LogP contribution in [-0.4, -0.2) is 27.6 Å². The van der Waals surface area contributed by atoms with Gasteiger partial charge >= 0.3 is 0 Å². The predicted octanol–water partition coefficient (Wildman–Crippen LogP) is 4.98. The van der Waals surface area contributed by atoms with Gasteiger partial charge < -0.3 is 5.11 Å². The van der Waals surface area contributed by atoms with E-state index in [2.05, 4.69) is 4.99 Å². The van der Waals surface area contributed by atoms with Gasteiger partial charge in [-0.3, -0.25) is 9.69 Å². The molecule has 0 unspecified atom stereocenters. The van der Waals surface area contributed by atoms with Crippen LogP contribution in [0.25, 0.3) is 6.08 Å². The molecule has 4 nitrogen and oxygen atoms in total. The smallest absolute Gasteiger partial charge is 0.266 e. The lowest BCUT2D eigenvalue weighted by Crippen LogP contribution is -2.28. The molecule has 2 aromatic rings. The first-order valence-electron chi connectivity index (χ1n) is 7.84. The van der Waals surface area contributed by atoms with Crippen LogP contribution in [0.2, 0.25) is 5.02 Å². The van der Waals surface area contributed by atoms with Gasteiger partial charge in [-0.2, -0.15) is 0 Å². The Morgan fingerprint density at radius 2 is 2.04 bits per heavy atom. The molecule has 1 saturated heterocycles. The van der Waals surface area contributed by atoms with E-state index in [-0.39, 0.29) is 11.7 Å². The largest absolute Gasteiger partial charge is 0.506 e. The third-order valence-electron chi connectivity index (χ3n) is 3.74. The summed E-state index contributed by atoms with van der Waals surface area (Å²) in [7, 11) is 0. The first-order valence-corrected chi connectivity index (χ1v) is 9.03. The second kappa shape index (κ2) is 7.33. The highest BCUT2D eigenvalue weighted by Crippen LogP contribution is 2.36. The number of aromatic hydroxyl groups is 1. The zero-order chi connectivity index (χ0) is 18.0. The van der Waals surface area contributed by atoms with E-state index in [4.69, 9.17) is 11.6 Å². The summed E-state index contributed by atoms with van der Waals surface area (Å²) in [6, 6.07) is 12.6. The Morgan fingerprint density at radius 3 is 2.72 bits per heavy atom. The van der Waals surface area contributed by atoms with E-state index < -0.39 is 0 Å². The lowest BCUT2D eigenvalue weighted by molar-refractivity contribution is -0.122. The van der Waals surface area contributed by atoms with Crippen molar-refractivity contribution >= 4 is 46.2 Å². The Bertz CT molecular complexity index is 893. The van der Waals surface area contributed by atoms with Crippen LogP contribution in [0.4, 0.5) is 5.69 Å². The van der Waals surface area contributed by atoms with Gasteiger partial charge in [-0.25, -0.2) is 4.99 Å². The van der Waals surface area contributed by atoms with Crippen molar-refractivity contribution in [3.8, 4) is 5.75 Å². The minimum Gasteiger partial charge on any atom is -0.506 e. The molecule has 1 N–H and O–H groups in total. The van der Waals surface area contributed by atoms with Crippen LogP contribution in [-0.2, 0) is 4.79 Å². The summed E-state index contributed by atoms with van der Waals surface area (Å²) in [4.78, 5) is 19.3. The second-order valence-corrected chi connectivity index (χ2v) is 6.98. The summed E-state index contributed by atoms with van der Waals surface area (Å²) in [5, 5.41) is 11.2. The molecule has 3 rings (SSSR count). The van der Waals surface area contributed by atoms with Crippen molar-refractivity contribution < 1.29 is 9.90 Å². The molecule has 0 aromatic heterocycles. The molecule has 2 aromatic carbocycles. The van der Waals surface area contributed by atoms with Gasteiger partial charge in [0.05, 0.1) is 4.91 Å². The molecule has 1 aliphatic heterocycles. The summed E-state index contributed by atoms with van der Waals surface area (Å²) < 4.78 is 0. The molecule has 25 heavy (non-hydrogen) atoms. The van der Waals surface area contributed by atoms with Crippen LogP contribution in [0.5, 0.6) is 5.75 Å². The number of nitrogens with zero attached hydrogens (tertiary/aromatic N) is 2. The number of halogens is 1. The Kier molecular flexibility index (Phi) is 5.16. The number of aryl methyl sites for hydroxylation is 1. The third kappa shape index (κ3) is 3.72. The van der Waals surface area contributed by atoms with Crippen molar-refractivity contribution in [1.82, 2.24) is 4.90 Å². The van der Waals surface area contributed by atoms with Crippen LogP contribution in [0.3, 0.4) is 0 Å². The van der Waals surface area contributed by atoms with E-state index >= 15 is 0 Å². The summed E-state index contributed by atoms with van der Waals surface area (Å²) in [6.07, 6.45) is 1.77. The Morgan fingerprint density at radius 1 is 1.28 bits per heavy atom. The van der Waals surface area contributed by atoms with Gasteiger partial charge in [0.15, 0.2) is 5.17 Å². The summed E-state index contributed by atoms with van der Waals surface area (Å²) in [5.74, 6) is -0.0158. The zero-order valence-electron chi connectivity index (χ0n) is 13.9. The highest BCUT2D eigenvalue weighted by Gasteiger charge is 2.32. The number of phenolic OH excluding ortho intramolecular Hbond substituents is 1. The molecule has 0 aliphatic carbocycles. The van der Waals surface area contributed by atoms with Gasteiger partial charge in [0, 0.05) is 11.6 Å². The van der Waals surface area contributed by atoms with Crippen molar-refractivity contribution in [3.05, 3.63) is 63.5 Å². The van der Waals surface area contributed by atoms with Crippen LogP contribution < -0.4 is 0 Å². The molecule has 1 aliphatic rings. The summed E-state index contributed by atoms with van der Waals surface area (Å²) in [5.41, 5.74) is 2.18. The maximum Gasteiger partial charge on any atom is 0.266 e. The van der Waals surface area contributed by atoms with E-state index in [1.165, 1.54) is 11.8 Å². The molecular formula is C19H17ClN2O2S. The van der Waals surface area contributed by atoms with Crippen LogP contribution in [0, 0.1) is 6.92 Å². The van der Waals surface area contributed by atoms with Crippen molar-refractivity contribution in [2.24, 2.45) is 4.99 Å². The number of carbonyl (C=O) groups excluding carboxylic acids is 1. The number of amidine groups is 1. The summed E-state index contributed by atoms with van der Waals surface area (Å²) >= 11 is 7.46. The molecule has 0 atom stereocenters. The number of carbonyl (C=O) groups is 1. The maximum absolute atomic E-state index is 12.6. The maximum atomic E-state index is 12.6. The van der Waals surface area contributed by atoms with Crippen molar-refractivity contribution in [1.29, 1.82) is 0 Å². The number of phenols is 1. The molecule has 0 spiro atoms. The van der Waals surface area contributed by atoms with Crippen molar-refractivity contribution in [2.45, 2.75) is 13.8 Å². The van der Waals surface area contributed by atoms with Crippen molar-refractivity contribution in [2.75, 3.05) is 6.54 Å². The Hall–Kier alpha value is -2.24. The van der Waals surface area contributed by atoms with E-state index in [1.807, 2.05) is 38.1 Å². The van der Waals surface area contributed by atoms with E-state index in [9.17, 15) is 9.90 Å².